The molecular weight excluding hydrogens is 337 g/mol. The first kappa shape index (κ1) is 17.8. The number of benzene rings is 2. The Balaban J connectivity index is 1.63. The molecule has 6 nitrogen and oxygen atoms in total. The third-order valence-electron chi connectivity index (χ3n) is 4.73. The summed E-state index contributed by atoms with van der Waals surface area (Å²) in [6.07, 6.45) is 1.22. The predicted molar refractivity (Wildman–Crippen MR) is 97.8 cm³/mol. The fourth-order valence-corrected chi connectivity index (χ4v) is 3.27. The lowest BCUT2D eigenvalue weighted by Gasteiger charge is -2.32. The van der Waals surface area contributed by atoms with Gasteiger partial charge in [-0.15, -0.1) is 0 Å². The van der Waals surface area contributed by atoms with Gasteiger partial charge in [-0.2, -0.15) is 0 Å². The predicted octanol–water partition coefficient (Wildman–Crippen LogP) is 3.90. The van der Waals surface area contributed by atoms with Gasteiger partial charge in [-0.05, 0) is 49.6 Å². The minimum Gasteiger partial charge on any atom is -0.366 e. The Morgan fingerprint density at radius 3 is 2.58 bits per heavy atom. The molecule has 1 aliphatic heterocycles. The molecule has 0 spiro atoms. The molecule has 2 aromatic rings. The van der Waals surface area contributed by atoms with Crippen LogP contribution in [0, 0.1) is 28.8 Å². The van der Waals surface area contributed by atoms with Crippen molar-refractivity contribution >= 4 is 23.0 Å². The number of nitrogens with zero attached hydrogens (tertiary/aromatic N) is 2. The number of carbonyl (C=O) groups is 1. The number of rotatable bonds is 4. The number of hydrogen-bond acceptors (Lipinski definition) is 4. The highest BCUT2D eigenvalue weighted by Crippen LogP contribution is 2.31. The van der Waals surface area contributed by atoms with Crippen molar-refractivity contribution in [2.45, 2.75) is 19.8 Å². The SMILES string of the molecule is Cc1cc(F)ccc1NC(=O)C1CCN(c2ccccc2[N+](=O)[O-])CC1. The second kappa shape index (κ2) is 7.51. The van der Waals surface area contributed by atoms with Crippen molar-refractivity contribution in [2.24, 2.45) is 5.92 Å². The van der Waals surface area contributed by atoms with Crippen molar-refractivity contribution in [1.82, 2.24) is 0 Å². The fraction of sp³-hybridized carbons (Fsp3) is 0.316. The summed E-state index contributed by atoms with van der Waals surface area (Å²) in [5.74, 6) is -0.598. The van der Waals surface area contributed by atoms with Crippen LogP contribution in [-0.4, -0.2) is 23.9 Å². The van der Waals surface area contributed by atoms with Crippen molar-refractivity contribution in [1.29, 1.82) is 0 Å². The maximum absolute atomic E-state index is 13.2. The summed E-state index contributed by atoms with van der Waals surface area (Å²) in [5.41, 5.74) is 1.95. The third-order valence-corrected chi connectivity index (χ3v) is 4.73. The van der Waals surface area contributed by atoms with Gasteiger partial charge in [0.2, 0.25) is 5.91 Å². The lowest BCUT2D eigenvalue weighted by Crippen LogP contribution is -2.38. The van der Waals surface area contributed by atoms with E-state index in [1.807, 2.05) is 4.90 Å². The molecule has 1 fully saturated rings. The van der Waals surface area contributed by atoms with Crippen molar-refractivity contribution in [3.05, 3.63) is 64.0 Å². The van der Waals surface area contributed by atoms with Gasteiger partial charge in [0, 0.05) is 30.8 Å². The van der Waals surface area contributed by atoms with Crippen LogP contribution in [0.25, 0.3) is 0 Å². The molecule has 136 valence electrons. The Bertz CT molecular complexity index is 833. The zero-order chi connectivity index (χ0) is 18.7. The van der Waals surface area contributed by atoms with Crippen LogP contribution in [0.5, 0.6) is 0 Å². The van der Waals surface area contributed by atoms with E-state index < -0.39 is 0 Å². The first-order valence-electron chi connectivity index (χ1n) is 8.51. The van der Waals surface area contributed by atoms with Crippen LogP contribution < -0.4 is 10.2 Å². The first-order valence-corrected chi connectivity index (χ1v) is 8.51. The quantitative estimate of drug-likeness (QED) is 0.665. The maximum Gasteiger partial charge on any atom is 0.292 e. The normalized spacial score (nSPS) is 14.9. The molecule has 0 saturated carbocycles. The van der Waals surface area contributed by atoms with E-state index >= 15 is 0 Å². The molecule has 1 N–H and O–H groups in total. The molecule has 0 aliphatic carbocycles. The maximum atomic E-state index is 13.2. The number of hydrogen-bond donors (Lipinski definition) is 1. The Kier molecular flexibility index (Phi) is 5.16. The number of nitro benzene ring substituents is 1. The second-order valence-corrected chi connectivity index (χ2v) is 6.46. The van der Waals surface area contributed by atoms with Gasteiger partial charge in [0.25, 0.3) is 5.69 Å². The van der Waals surface area contributed by atoms with E-state index in [2.05, 4.69) is 5.32 Å². The van der Waals surface area contributed by atoms with Crippen LogP contribution in [0.4, 0.5) is 21.5 Å². The number of para-hydroxylation sites is 2. The van der Waals surface area contributed by atoms with E-state index in [0.29, 0.717) is 42.9 Å². The largest absolute Gasteiger partial charge is 0.366 e. The molecule has 2 aromatic carbocycles. The smallest absolute Gasteiger partial charge is 0.292 e. The lowest BCUT2D eigenvalue weighted by atomic mass is 9.95. The number of anilines is 2. The number of piperidine rings is 1. The molecule has 0 atom stereocenters. The summed E-state index contributed by atoms with van der Waals surface area (Å²) in [5, 5.41) is 14.0. The lowest BCUT2D eigenvalue weighted by molar-refractivity contribution is -0.384. The minimum atomic E-state index is -0.383. The molecule has 26 heavy (non-hydrogen) atoms. The third kappa shape index (κ3) is 3.82. The van der Waals surface area contributed by atoms with E-state index in [1.54, 1.807) is 31.2 Å². The number of carbonyl (C=O) groups excluding carboxylic acids is 1. The Morgan fingerprint density at radius 2 is 1.92 bits per heavy atom. The number of nitrogens with one attached hydrogen (secondary N) is 1. The van der Waals surface area contributed by atoms with Crippen molar-refractivity contribution in [3.63, 3.8) is 0 Å². The van der Waals surface area contributed by atoms with E-state index in [9.17, 15) is 19.3 Å². The second-order valence-electron chi connectivity index (χ2n) is 6.46. The Hall–Kier alpha value is -2.96. The molecule has 0 unspecified atom stereocenters. The van der Waals surface area contributed by atoms with Crippen LogP contribution in [0.3, 0.4) is 0 Å². The highest BCUT2D eigenvalue weighted by atomic mass is 19.1. The van der Waals surface area contributed by atoms with Crippen molar-refractivity contribution < 1.29 is 14.1 Å². The summed E-state index contributed by atoms with van der Waals surface area (Å²) in [4.78, 5) is 25.2. The fourth-order valence-electron chi connectivity index (χ4n) is 3.27. The van der Waals surface area contributed by atoms with E-state index in [4.69, 9.17) is 0 Å². The summed E-state index contributed by atoms with van der Waals surface area (Å²) < 4.78 is 13.2. The summed E-state index contributed by atoms with van der Waals surface area (Å²) in [7, 11) is 0. The van der Waals surface area contributed by atoms with E-state index in [-0.39, 0.29) is 28.3 Å². The standard InChI is InChI=1S/C19H20FN3O3/c1-13-12-15(20)6-7-16(13)21-19(24)14-8-10-22(11-9-14)17-4-2-3-5-18(17)23(25)26/h2-7,12,14H,8-11H2,1H3,(H,21,24). The summed E-state index contributed by atoms with van der Waals surface area (Å²) in [6.45, 7) is 2.90. The number of nitro groups is 1. The average molecular weight is 357 g/mol. The van der Waals surface area contributed by atoms with Gasteiger partial charge >= 0.3 is 0 Å². The van der Waals surface area contributed by atoms with Crippen LogP contribution in [-0.2, 0) is 4.79 Å². The van der Waals surface area contributed by atoms with Gasteiger partial charge in [0.05, 0.1) is 4.92 Å². The molecule has 0 bridgehead atoms. The van der Waals surface area contributed by atoms with Gasteiger partial charge in [0.15, 0.2) is 0 Å². The van der Waals surface area contributed by atoms with Crippen molar-refractivity contribution in [2.75, 3.05) is 23.3 Å². The highest BCUT2D eigenvalue weighted by Gasteiger charge is 2.28. The average Bonchev–Trinajstić information content (AvgIpc) is 2.64. The molecule has 0 aromatic heterocycles. The van der Waals surface area contributed by atoms with E-state index in [1.165, 1.54) is 18.2 Å². The minimum absolute atomic E-state index is 0.0809. The van der Waals surface area contributed by atoms with Crippen LogP contribution in [0.2, 0.25) is 0 Å². The molecule has 1 aliphatic rings. The van der Waals surface area contributed by atoms with Gasteiger partial charge in [-0.1, -0.05) is 12.1 Å². The van der Waals surface area contributed by atoms with Crippen LogP contribution in [0.1, 0.15) is 18.4 Å². The molecule has 1 heterocycles. The number of amides is 1. The number of aryl methyl sites for hydroxylation is 1. The molecule has 0 radical (unpaired) electrons. The first-order chi connectivity index (χ1) is 12.5. The number of halogens is 1. The van der Waals surface area contributed by atoms with Gasteiger partial charge in [-0.25, -0.2) is 4.39 Å². The molecule has 1 saturated heterocycles. The zero-order valence-corrected chi connectivity index (χ0v) is 14.4. The molecule has 7 heteroatoms. The molecule has 3 rings (SSSR count). The van der Waals surface area contributed by atoms with Crippen LogP contribution >= 0.6 is 0 Å². The zero-order valence-electron chi connectivity index (χ0n) is 14.4. The Morgan fingerprint density at radius 1 is 1.23 bits per heavy atom. The molecule has 1 amide bonds. The summed E-state index contributed by atoms with van der Waals surface area (Å²) in [6, 6.07) is 10.9. The monoisotopic (exact) mass is 357 g/mol. The Labute approximate surface area is 150 Å². The molecular formula is C19H20FN3O3. The van der Waals surface area contributed by atoms with E-state index in [0.717, 1.165) is 0 Å². The van der Waals surface area contributed by atoms with Crippen LogP contribution in [0.15, 0.2) is 42.5 Å². The van der Waals surface area contributed by atoms with Crippen molar-refractivity contribution in [3.8, 4) is 0 Å². The topological polar surface area (TPSA) is 75.5 Å². The van der Waals surface area contributed by atoms with Gasteiger partial charge in [0.1, 0.15) is 11.5 Å². The summed E-state index contributed by atoms with van der Waals surface area (Å²) >= 11 is 0. The van der Waals surface area contributed by atoms with Gasteiger partial charge in [-0.3, -0.25) is 14.9 Å². The van der Waals surface area contributed by atoms with Gasteiger partial charge < -0.3 is 10.2 Å². The highest BCUT2D eigenvalue weighted by molar-refractivity contribution is 5.93.